The predicted molar refractivity (Wildman–Crippen MR) is 42.6 cm³/mol. The summed E-state index contributed by atoms with van der Waals surface area (Å²) in [6.45, 7) is 3.17. The van der Waals surface area contributed by atoms with Gasteiger partial charge in [-0.25, -0.2) is 12.8 Å². The summed E-state index contributed by atoms with van der Waals surface area (Å²) in [5, 5.41) is 0. The molecule has 0 aromatic heterocycles. The second-order valence-corrected chi connectivity index (χ2v) is 4.44. The van der Waals surface area contributed by atoms with Crippen molar-refractivity contribution in [3.8, 4) is 0 Å². The second-order valence-electron chi connectivity index (χ2n) is 2.25. The lowest BCUT2D eigenvalue weighted by Gasteiger charge is -1.99. The lowest BCUT2D eigenvalue weighted by molar-refractivity contribution is 0.583. The molecule has 2 N–H and O–H groups in total. The van der Waals surface area contributed by atoms with Gasteiger partial charge in [-0.1, -0.05) is 6.58 Å². The van der Waals surface area contributed by atoms with E-state index in [0.29, 0.717) is 13.0 Å². The molecule has 66 valence electrons. The van der Waals surface area contributed by atoms with Gasteiger partial charge in [0.15, 0.2) is 9.84 Å². The quantitative estimate of drug-likeness (QED) is 0.660. The van der Waals surface area contributed by atoms with Crippen molar-refractivity contribution in [2.75, 3.05) is 18.1 Å². The Bertz CT molecular complexity index is 223. The monoisotopic (exact) mass is 181 g/mol. The lowest BCUT2D eigenvalue weighted by atomic mass is 10.5. The number of sulfone groups is 1. The Kier molecular flexibility index (Phi) is 4.29. The van der Waals surface area contributed by atoms with Gasteiger partial charge in [-0.3, -0.25) is 0 Å². The van der Waals surface area contributed by atoms with E-state index < -0.39 is 21.4 Å². The molecule has 3 nitrogen and oxygen atoms in total. The van der Waals surface area contributed by atoms with Crippen LogP contribution in [0.5, 0.6) is 0 Å². The van der Waals surface area contributed by atoms with Gasteiger partial charge in [0.25, 0.3) is 0 Å². The van der Waals surface area contributed by atoms with Crippen LogP contribution in [0.2, 0.25) is 0 Å². The Morgan fingerprint density at radius 2 is 2.09 bits per heavy atom. The third kappa shape index (κ3) is 6.00. The van der Waals surface area contributed by atoms with Crippen molar-refractivity contribution in [1.82, 2.24) is 0 Å². The molecule has 0 heterocycles. The zero-order chi connectivity index (χ0) is 8.91. The zero-order valence-corrected chi connectivity index (χ0v) is 7.03. The Balaban J connectivity index is 3.92. The SMILES string of the molecule is C=C(F)CS(=O)(=O)CCCN. The van der Waals surface area contributed by atoms with Crippen molar-refractivity contribution in [3.05, 3.63) is 12.4 Å². The first-order valence-electron chi connectivity index (χ1n) is 3.22. The van der Waals surface area contributed by atoms with Gasteiger partial charge in [-0.05, 0) is 13.0 Å². The van der Waals surface area contributed by atoms with Gasteiger partial charge in [0, 0.05) is 0 Å². The van der Waals surface area contributed by atoms with Gasteiger partial charge in [0.2, 0.25) is 0 Å². The molecule has 0 aromatic rings. The highest BCUT2D eigenvalue weighted by Gasteiger charge is 2.11. The topological polar surface area (TPSA) is 60.2 Å². The van der Waals surface area contributed by atoms with Gasteiger partial charge in [0.05, 0.1) is 5.75 Å². The minimum atomic E-state index is -3.30. The summed E-state index contributed by atoms with van der Waals surface area (Å²) < 4.78 is 33.7. The van der Waals surface area contributed by atoms with E-state index in [1.165, 1.54) is 0 Å². The third-order valence-electron chi connectivity index (χ3n) is 1.04. The smallest absolute Gasteiger partial charge is 0.156 e. The van der Waals surface area contributed by atoms with Gasteiger partial charge >= 0.3 is 0 Å². The van der Waals surface area contributed by atoms with Crippen molar-refractivity contribution < 1.29 is 12.8 Å². The molecule has 0 fully saturated rings. The molecule has 5 heteroatoms. The zero-order valence-electron chi connectivity index (χ0n) is 6.22. The molecule has 0 aliphatic carbocycles. The van der Waals surface area contributed by atoms with Crippen LogP contribution in [0.4, 0.5) is 4.39 Å². The molecule has 0 bridgehead atoms. The number of hydrogen-bond acceptors (Lipinski definition) is 3. The molecular weight excluding hydrogens is 169 g/mol. The van der Waals surface area contributed by atoms with Crippen molar-refractivity contribution in [3.63, 3.8) is 0 Å². The van der Waals surface area contributed by atoms with Crippen molar-refractivity contribution in [2.24, 2.45) is 5.73 Å². The minimum absolute atomic E-state index is 0.0631. The fourth-order valence-corrected chi connectivity index (χ4v) is 1.84. The maximum Gasteiger partial charge on any atom is 0.156 e. The molecule has 0 rings (SSSR count). The van der Waals surface area contributed by atoms with Crippen LogP contribution in [0.1, 0.15) is 6.42 Å². The number of nitrogens with two attached hydrogens (primary N) is 1. The largest absolute Gasteiger partial charge is 0.330 e. The summed E-state index contributed by atoms with van der Waals surface area (Å²) >= 11 is 0. The van der Waals surface area contributed by atoms with Crippen molar-refractivity contribution in [2.45, 2.75) is 6.42 Å². The molecule has 0 aliphatic rings. The van der Waals surface area contributed by atoms with Crippen LogP contribution in [0, 0.1) is 0 Å². The molecule has 0 radical (unpaired) electrons. The first-order valence-corrected chi connectivity index (χ1v) is 5.04. The van der Waals surface area contributed by atoms with Crippen LogP contribution >= 0.6 is 0 Å². The standard InChI is InChI=1S/C6H12FNO2S/c1-6(7)5-11(9,10)4-2-3-8/h1-5,8H2. The molecule has 11 heavy (non-hydrogen) atoms. The summed E-state index contributed by atoms with van der Waals surface area (Å²) in [4.78, 5) is 0. The van der Waals surface area contributed by atoms with Crippen LogP contribution in [-0.2, 0) is 9.84 Å². The maximum absolute atomic E-state index is 12.0. The molecule has 0 amide bonds. The van der Waals surface area contributed by atoms with E-state index in [9.17, 15) is 12.8 Å². The van der Waals surface area contributed by atoms with Crippen LogP contribution in [0.25, 0.3) is 0 Å². The third-order valence-corrected chi connectivity index (χ3v) is 2.70. The number of rotatable bonds is 5. The van der Waals surface area contributed by atoms with Crippen LogP contribution in [0.3, 0.4) is 0 Å². The summed E-state index contributed by atoms with van der Waals surface area (Å²) in [6, 6.07) is 0. The summed E-state index contributed by atoms with van der Waals surface area (Å²) in [7, 11) is -3.30. The van der Waals surface area contributed by atoms with Crippen LogP contribution in [0.15, 0.2) is 12.4 Å². The number of halogens is 1. The molecule has 0 aromatic carbocycles. The summed E-state index contributed by atoms with van der Waals surface area (Å²) in [5.41, 5.74) is 5.09. The molecule has 0 spiro atoms. The average molecular weight is 181 g/mol. The Labute approximate surface area is 66.0 Å². The summed E-state index contributed by atoms with van der Waals surface area (Å²) in [6.07, 6.45) is 0.371. The van der Waals surface area contributed by atoms with Crippen LogP contribution in [-0.4, -0.2) is 26.5 Å². The van der Waals surface area contributed by atoms with E-state index >= 15 is 0 Å². The fourth-order valence-electron chi connectivity index (χ4n) is 0.614. The van der Waals surface area contributed by atoms with E-state index in [0.717, 1.165) is 0 Å². The molecule has 0 unspecified atom stereocenters. The average Bonchev–Trinajstić information content (AvgIpc) is 1.81. The van der Waals surface area contributed by atoms with Crippen LogP contribution < -0.4 is 5.73 Å². The van der Waals surface area contributed by atoms with Gasteiger partial charge in [0.1, 0.15) is 11.6 Å². The highest BCUT2D eigenvalue weighted by Crippen LogP contribution is 2.00. The normalized spacial score (nSPS) is 11.5. The molecule has 0 atom stereocenters. The van der Waals surface area contributed by atoms with Crippen molar-refractivity contribution >= 4 is 9.84 Å². The maximum atomic E-state index is 12.0. The summed E-state index contributed by atoms with van der Waals surface area (Å²) in [5.74, 6) is -1.46. The minimum Gasteiger partial charge on any atom is -0.330 e. The molecule has 0 saturated carbocycles. The van der Waals surface area contributed by atoms with Gasteiger partial charge in [-0.2, -0.15) is 0 Å². The first kappa shape index (κ1) is 10.6. The Morgan fingerprint density at radius 1 is 1.55 bits per heavy atom. The van der Waals surface area contributed by atoms with Gasteiger partial charge in [-0.15, -0.1) is 0 Å². The Morgan fingerprint density at radius 3 is 2.45 bits per heavy atom. The Hall–Kier alpha value is -0.420. The first-order chi connectivity index (χ1) is 4.98. The molecule has 0 saturated heterocycles. The molecular formula is C6H12FNO2S. The lowest BCUT2D eigenvalue weighted by Crippen LogP contribution is -2.14. The van der Waals surface area contributed by atoms with E-state index in [2.05, 4.69) is 6.58 Å². The second kappa shape index (κ2) is 4.46. The molecule has 0 aliphatic heterocycles. The van der Waals surface area contributed by atoms with E-state index in [-0.39, 0.29) is 5.75 Å². The number of hydrogen-bond donors (Lipinski definition) is 1. The highest BCUT2D eigenvalue weighted by atomic mass is 32.2. The van der Waals surface area contributed by atoms with Crippen molar-refractivity contribution in [1.29, 1.82) is 0 Å². The fraction of sp³-hybridized carbons (Fsp3) is 0.667. The van der Waals surface area contributed by atoms with Gasteiger partial charge < -0.3 is 5.73 Å². The van der Waals surface area contributed by atoms with E-state index in [4.69, 9.17) is 5.73 Å². The predicted octanol–water partition coefficient (Wildman–Crippen LogP) is 0.233. The van der Waals surface area contributed by atoms with E-state index in [1.54, 1.807) is 0 Å². The van der Waals surface area contributed by atoms with E-state index in [1.807, 2.05) is 0 Å². The highest BCUT2D eigenvalue weighted by molar-refractivity contribution is 7.91.